The summed E-state index contributed by atoms with van der Waals surface area (Å²) >= 11 is 0. The lowest BCUT2D eigenvalue weighted by atomic mass is 9.86. The zero-order chi connectivity index (χ0) is 16.7. The number of fused-ring (bicyclic) bond motifs is 1. The van der Waals surface area contributed by atoms with Crippen molar-refractivity contribution in [3.05, 3.63) is 76.9 Å². The molecular formula is C23H30. The summed E-state index contributed by atoms with van der Waals surface area (Å²) in [7, 11) is 0. The predicted octanol–water partition coefficient (Wildman–Crippen LogP) is 7.05. The molecule has 0 nitrogen and oxygen atoms in total. The van der Waals surface area contributed by atoms with Crippen molar-refractivity contribution in [3.8, 4) is 0 Å². The minimum Gasteiger partial charge on any atom is -0.0984 e. The van der Waals surface area contributed by atoms with E-state index in [2.05, 4.69) is 69.8 Å². The van der Waals surface area contributed by atoms with Gasteiger partial charge >= 0.3 is 0 Å². The molecule has 0 saturated heterocycles. The first-order chi connectivity index (χ1) is 11.3. The molecule has 1 aromatic carbocycles. The topological polar surface area (TPSA) is 0 Å². The lowest BCUT2D eigenvalue weighted by Crippen LogP contribution is -1.98. The van der Waals surface area contributed by atoms with E-state index in [1.165, 1.54) is 53.5 Å². The second-order valence-electron chi connectivity index (χ2n) is 6.28. The molecule has 0 bridgehead atoms. The van der Waals surface area contributed by atoms with Crippen LogP contribution in [0.2, 0.25) is 0 Å². The van der Waals surface area contributed by atoms with Crippen LogP contribution in [0.25, 0.3) is 5.57 Å². The fourth-order valence-corrected chi connectivity index (χ4v) is 3.66. The van der Waals surface area contributed by atoms with Crippen molar-refractivity contribution in [2.75, 3.05) is 0 Å². The fourth-order valence-electron chi connectivity index (χ4n) is 3.66. The van der Waals surface area contributed by atoms with Crippen LogP contribution in [0.15, 0.2) is 65.8 Å². The standard InChI is InChI=1S/C23H30/c1-5-11-18-16-17-19-14-9-10-15-22(19)23(21(18)8-4)20(12-6-2)13-7-3/h5,8-11,14-15H,4,6-7,12-13,16-17H2,1-3H3/b11-5-. The maximum atomic E-state index is 4.16. The lowest BCUT2D eigenvalue weighted by molar-refractivity contribution is 0.806. The molecule has 0 heterocycles. The summed E-state index contributed by atoms with van der Waals surface area (Å²) < 4.78 is 0. The van der Waals surface area contributed by atoms with Crippen LogP contribution in [0.3, 0.4) is 0 Å². The Kier molecular flexibility index (Phi) is 6.65. The van der Waals surface area contributed by atoms with Crippen LogP contribution in [0.4, 0.5) is 0 Å². The van der Waals surface area contributed by atoms with Gasteiger partial charge in [-0.1, -0.05) is 81.3 Å². The molecule has 2 rings (SSSR count). The summed E-state index contributed by atoms with van der Waals surface area (Å²) in [6, 6.07) is 8.95. The van der Waals surface area contributed by atoms with Crippen molar-refractivity contribution in [1.82, 2.24) is 0 Å². The number of aryl methyl sites for hydroxylation is 1. The van der Waals surface area contributed by atoms with Gasteiger partial charge in [-0.25, -0.2) is 0 Å². The molecule has 0 amide bonds. The third-order valence-corrected chi connectivity index (χ3v) is 4.59. The van der Waals surface area contributed by atoms with E-state index in [4.69, 9.17) is 0 Å². The van der Waals surface area contributed by atoms with Crippen molar-refractivity contribution in [2.45, 2.75) is 59.3 Å². The number of hydrogen-bond acceptors (Lipinski definition) is 0. The van der Waals surface area contributed by atoms with Gasteiger partial charge in [-0.05, 0) is 60.5 Å². The average Bonchev–Trinajstić information content (AvgIpc) is 2.72. The zero-order valence-corrected chi connectivity index (χ0v) is 15.0. The van der Waals surface area contributed by atoms with Crippen molar-refractivity contribution >= 4 is 5.57 Å². The van der Waals surface area contributed by atoms with Gasteiger partial charge in [-0.2, -0.15) is 0 Å². The van der Waals surface area contributed by atoms with Gasteiger partial charge in [0.2, 0.25) is 0 Å². The maximum absolute atomic E-state index is 4.16. The Morgan fingerprint density at radius 2 is 1.78 bits per heavy atom. The number of hydrogen-bond donors (Lipinski definition) is 0. The van der Waals surface area contributed by atoms with Crippen LogP contribution in [0.1, 0.15) is 64.0 Å². The summed E-state index contributed by atoms with van der Waals surface area (Å²) in [4.78, 5) is 0. The number of rotatable bonds is 6. The van der Waals surface area contributed by atoms with Crippen molar-refractivity contribution in [2.24, 2.45) is 0 Å². The summed E-state index contributed by atoms with van der Waals surface area (Å²) in [5, 5.41) is 0. The molecule has 23 heavy (non-hydrogen) atoms. The number of allylic oxidation sites excluding steroid dienone is 7. The Bertz CT molecular complexity index is 630. The Morgan fingerprint density at radius 1 is 1.09 bits per heavy atom. The van der Waals surface area contributed by atoms with Crippen LogP contribution in [-0.2, 0) is 6.42 Å². The molecule has 0 atom stereocenters. The van der Waals surface area contributed by atoms with E-state index in [1.807, 2.05) is 0 Å². The molecular weight excluding hydrogens is 276 g/mol. The smallest absolute Gasteiger partial charge is 0.0114 e. The zero-order valence-electron chi connectivity index (χ0n) is 15.0. The lowest BCUT2D eigenvalue weighted by Gasteiger charge is -2.18. The minimum absolute atomic E-state index is 1.09. The largest absolute Gasteiger partial charge is 0.0984 e. The monoisotopic (exact) mass is 306 g/mol. The van der Waals surface area contributed by atoms with E-state index in [0.29, 0.717) is 0 Å². The van der Waals surface area contributed by atoms with E-state index < -0.39 is 0 Å². The molecule has 1 aromatic rings. The summed E-state index contributed by atoms with van der Waals surface area (Å²) in [6.07, 6.45) is 13.5. The first-order valence-corrected chi connectivity index (χ1v) is 9.05. The van der Waals surface area contributed by atoms with E-state index in [1.54, 1.807) is 5.57 Å². The Balaban J connectivity index is 2.77. The molecule has 0 unspecified atom stereocenters. The molecule has 1 aliphatic carbocycles. The molecule has 0 aliphatic heterocycles. The SMILES string of the molecule is C=CC1=C(/C=C\C)CCc2ccccc2C1=C(CCC)CCC. The highest BCUT2D eigenvalue weighted by atomic mass is 14.2. The average molecular weight is 306 g/mol. The van der Waals surface area contributed by atoms with Crippen LogP contribution < -0.4 is 0 Å². The van der Waals surface area contributed by atoms with Gasteiger partial charge in [-0.15, -0.1) is 0 Å². The molecule has 0 heteroatoms. The molecule has 0 aromatic heterocycles. The third kappa shape index (κ3) is 3.93. The molecule has 1 aliphatic rings. The Morgan fingerprint density at radius 3 is 2.39 bits per heavy atom. The molecule has 0 radical (unpaired) electrons. The Labute approximate surface area is 142 Å². The van der Waals surface area contributed by atoms with Gasteiger partial charge in [0.1, 0.15) is 0 Å². The van der Waals surface area contributed by atoms with Gasteiger partial charge in [0.05, 0.1) is 0 Å². The van der Waals surface area contributed by atoms with E-state index in [-0.39, 0.29) is 0 Å². The molecule has 0 saturated carbocycles. The normalized spacial score (nSPS) is 14.8. The van der Waals surface area contributed by atoms with Crippen LogP contribution in [0, 0.1) is 0 Å². The van der Waals surface area contributed by atoms with E-state index in [9.17, 15) is 0 Å². The second kappa shape index (κ2) is 8.72. The summed E-state index contributed by atoms with van der Waals surface area (Å²) in [5.74, 6) is 0. The highest BCUT2D eigenvalue weighted by molar-refractivity contribution is 5.87. The molecule has 0 N–H and O–H groups in total. The quantitative estimate of drug-likeness (QED) is 0.528. The highest BCUT2D eigenvalue weighted by Crippen LogP contribution is 2.39. The second-order valence-corrected chi connectivity index (χ2v) is 6.28. The predicted molar refractivity (Wildman–Crippen MR) is 104 cm³/mol. The Hall–Kier alpha value is -1.82. The van der Waals surface area contributed by atoms with Gasteiger partial charge in [0.25, 0.3) is 0 Å². The van der Waals surface area contributed by atoms with E-state index in [0.717, 1.165) is 12.8 Å². The maximum Gasteiger partial charge on any atom is -0.0114 e. The summed E-state index contributed by atoms with van der Waals surface area (Å²) in [5.41, 5.74) is 8.75. The van der Waals surface area contributed by atoms with Crippen molar-refractivity contribution in [1.29, 1.82) is 0 Å². The molecule has 0 spiro atoms. The van der Waals surface area contributed by atoms with Crippen molar-refractivity contribution < 1.29 is 0 Å². The molecule has 0 fully saturated rings. The summed E-state index contributed by atoms with van der Waals surface area (Å²) in [6.45, 7) is 10.8. The first-order valence-electron chi connectivity index (χ1n) is 9.05. The van der Waals surface area contributed by atoms with Crippen LogP contribution >= 0.6 is 0 Å². The third-order valence-electron chi connectivity index (χ3n) is 4.59. The van der Waals surface area contributed by atoms with Crippen LogP contribution in [-0.4, -0.2) is 0 Å². The van der Waals surface area contributed by atoms with Gasteiger partial charge < -0.3 is 0 Å². The highest BCUT2D eigenvalue weighted by Gasteiger charge is 2.20. The van der Waals surface area contributed by atoms with E-state index >= 15 is 0 Å². The minimum atomic E-state index is 1.09. The fraction of sp³-hybridized carbons (Fsp3) is 0.391. The first kappa shape index (κ1) is 17.5. The van der Waals surface area contributed by atoms with Gasteiger partial charge in [-0.3, -0.25) is 0 Å². The van der Waals surface area contributed by atoms with Gasteiger partial charge in [0, 0.05) is 0 Å². The van der Waals surface area contributed by atoms with Gasteiger partial charge in [0.15, 0.2) is 0 Å². The number of benzene rings is 1. The molecule has 122 valence electrons. The van der Waals surface area contributed by atoms with Crippen LogP contribution in [0.5, 0.6) is 0 Å². The van der Waals surface area contributed by atoms with Crippen molar-refractivity contribution in [3.63, 3.8) is 0 Å².